The molecule has 0 aliphatic rings. The van der Waals surface area contributed by atoms with Crippen LogP contribution in [0.15, 0.2) is 22.8 Å². The van der Waals surface area contributed by atoms with Crippen molar-refractivity contribution >= 4 is 21.8 Å². The Bertz CT molecular complexity index is 355. The number of hydrogen-bond donors (Lipinski definition) is 1. The van der Waals surface area contributed by atoms with E-state index < -0.39 is 4.32 Å². The molecule has 1 aromatic heterocycles. The molecule has 0 spiro atoms. The molecule has 96 valence electrons. The molecule has 1 N–H and O–H groups in total. The van der Waals surface area contributed by atoms with Crippen molar-refractivity contribution in [2.24, 2.45) is 0 Å². The van der Waals surface area contributed by atoms with Crippen molar-refractivity contribution < 1.29 is 9.21 Å². The Morgan fingerprint density at radius 2 is 2.24 bits per heavy atom. The summed E-state index contributed by atoms with van der Waals surface area (Å²) in [4.78, 5) is 13.8. The molecular formula is C12H19BrN2O2. The van der Waals surface area contributed by atoms with Gasteiger partial charge in [-0.25, -0.2) is 0 Å². The molecule has 4 nitrogen and oxygen atoms in total. The highest BCUT2D eigenvalue weighted by molar-refractivity contribution is 9.10. The molecule has 1 amide bonds. The third-order valence-corrected chi connectivity index (χ3v) is 2.85. The summed E-state index contributed by atoms with van der Waals surface area (Å²) in [7, 11) is 3.91. The Morgan fingerprint density at radius 1 is 1.59 bits per heavy atom. The van der Waals surface area contributed by atoms with Gasteiger partial charge in [0.2, 0.25) is 5.91 Å². The summed E-state index contributed by atoms with van der Waals surface area (Å²) in [5.41, 5.74) is 0. The lowest BCUT2D eigenvalue weighted by molar-refractivity contribution is -0.122. The Balaban J connectivity index is 2.61. The maximum atomic E-state index is 11.8. The van der Waals surface area contributed by atoms with Crippen LogP contribution in [0, 0.1) is 0 Å². The highest BCUT2D eigenvalue weighted by atomic mass is 79.9. The molecule has 1 unspecified atom stereocenters. The predicted molar refractivity (Wildman–Crippen MR) is 71.2 cm³/mol. The number of amides is 1. The summed E-state index contributed by atoms with van der Waals surface area (Å²) < 4.78 is 4.82. The van der Waals surface area contributed by atoms with Crippen LogP contribution in [0.5, 0.6) is 0 Å². The van der Waals surface area contributed by atoms with E-state index in [0.29, 0.717) is 6.54 Å². The van der Waals surface area contributed by atoms with Crippen molar-refractivity contribution in [3.05, 3.63) is 24.2 Å². The Labute approximate surface area is 110 Å². The fraction of sp³-hybridized carbons (Fsp3) is 0.583. The number of hydrogen-bond acceptors (Lipinski definition) is 3. The molecule has 0 radical (unpaired) electrons. The van der Waals surface area contributed by atoms with Crippen LogP contribution in [0.2, 0.25) is 0 Å². The summed E-state index contributed by atoms with van der Waals surface area (Å²) in [5, 5.41) is 2.90. The van der Waals surface area contributed by atoms with Crippen molar-refractivity contribution in [1.29, 1.82) is 0 Å². The first-order valence-electron chi connectivity index (χ1n) is 5.49. The van der Waals surface area contributed by atoms with Crippen molar-refractivity contribution in [3.63, 3.8) is 0 Å². The van der Waals surface area contributed by atoms with Crippen LogP contribution in [0.4, 0.5) is 0 Å². The quantitative estimate of drug-likeness (QED) is 0.848. The smallest absolute Gasteiger partial charge is 0.236 e. The van der Waals surface area contributed by atoms with Gasteiger partial charge in [0.05, 0.1) is 16.6 Å². The van der Waals surface area contributed by atoms with Crippen LogP contribution < -0.4 is 5.32 Å². The number of rotatable bonds is 5. The fourth-order valence-electron chi connectivity index (χ4n) is 1.42. The van der Waals surface area contributed by atoms with Crippen LogP contribution in [0.25, 0.3) is 0 Å². The van der Waals surface area contributed by atoms with Gasteiger partial charge in [0.15, 0.2) is 0 Å². The van der Waals surface area contributed by atoms with Gasteiger partial charge in [-0.05, 0) is 40.1 Å². The molecule has 1 rings (SSSR count). The number of likely N-dealkylation sites (N-methyl/N-ethyl adjacent to an activating group) is 1. The minimum absolute atomic E-state index is 0.0316. The van der Waals surface area contributed by atoms with Crippen LogP contribution in [-0.2, 0) is 4.79 Å². The Hall–Kier alpha value is -0.810. The zero-order valence-electron chi connectivity index (χ0n) is 10.7. The molecule has 1 atom stereocenters. The molecule has 0 aromatic carbocycles. The Morgan fingerprint density at radius 3 is 2.65 bits per heavy atom. The van der Waals surface area contributed by atoms with Crippen LogP contribution in [0.1, 0.15) is 25.6 Å². The number of furan rings is 1. The van der Waals surface area contributed by atoms with Gasteiger partial charge in [0.25, 0.3) is 0 Å². The van der Waals surface area contributed by atoms with Gasteiger partial charge in [-0.2, -0.15) is 0 Å². The molecule has 17 heavy (non-hydrogen) atoms. The van der Waals surface area contributed by atoms with Gasteiger partial charge in [-0.3, -0.25) is 9.69 Å². The summed E-state index contributed by atoms with van der Waals surface area (Å²) in [6, 6.07) is 3.81. The zero-order chi connectivity index (χ0) is 13.1. The molecule has 0 bridgehead atoms. The number of nitrogens with one attached hydrogen (secondary N) is 1. The zero-order valence-corrected chi connectivity index (χ0v) is 12.2. The molecule has 0 aliphatic heterocycles. The van der Waals surface area contributed by atoms with E-state index in [1.807, 2.05) is 45.0 Å². The molecule has 0 fully saturated rings. The van der Waals surface area contributed by atoms with Gasteiger partial charge in [0, 0.05) is 6.54 Å². The highest BCUT2D eigenvalue weighted by Crippen LogP contribution is 2.19. The molecule has 1 heterocycles. The van der Waals surface area contributed by atoms with E-state index in [9.17, 15) is 4.79 Å². The standard InChI is InChI=1S/C12H19BrN2O2/c1-12(2,13)11(16)14-8-9(15(3)4)10-6-5-7-17-10/h5-7,9H,8H2,1-4H3,(H,14,16). The molecule has 0 aliphatic carbocycles. The van der Waals surface area contributed by atoms with E-state index >= 15 is 0 Å². The number of halogens is 1. The minimum Gasteiger partial charge on any atom is -0.468 e. The van der Waals surface area contributed by atoms with Gasteiger partial charge >= 0.3 is 0 Å². The number of carbonyl (C=O) groups is 1. The average molecular weight is 303 g/mol. The lowest BCUT2D eigenvalue weighted by atomic mass is 10.1. The van der Waals surface area contributed by atoms with Gasteiger partial charge in [0.1, 0.15) is 5.76 Å². The normalized spacial score (nSPS) is 13.8. The van der Waals surface area contributed by atoms with Crippen LogP contribution in [0.3, 0.4) is 0 Å². The van der Waals surface area contributed by atoms with Gasteiger partial charge in [-0.15, -0.1) is 0 Å². The van der Waals surface area contributed by atoms with Crippen LogP contribution >= 0.6 is 15.9 Å². The second-order valence-corrected chi connectivity index (χ2v) is 6.66. The first kappa shape index (κ1) is 14.3. The largest absolute Gasteiger partial charge is 0.468 e. The summed E-state index contributed by atoms with van der Waals surface area (Å²) in [6.07, 6.45) is 1.64. The first-order chi connectivity index (χ1) is 7.82. The molecule has 0 saturated carbocycles. The third-order valence-electron chi connectivity index (χ3n) is 2.49. The second kappa shape index (κ2) is 5.69. The first-order valence-corrected chi connectivity index (χ1v) is 6.28. The van der Waals surface area contributed by atoms with E-state index in [4.69, 9.17) is 4.42 Å². The van der Waals surface area contributed by atoms with E-state index in [-0.39, 0.29) is 11.9 Å². The summed E-state index contributed by atoms with van der Waals surface area (Å²) in [6.45, 7) is 4.16. The minimum atomic E-state index is -0.549. The summed E-state index contributed by atoms with van der Waals surface area (Å²) >= 11 is 3.33. The van der Waals surface area contributed by atoms with Crippen molar-refractivity contribution in [2.45, 2.75) is 24.2 Å². The molecule has 5 heteroatoms. The van der Waals surface area contributed by atoms with E-state index in [0.717, 1.165) is 5.76 Å². The summed E-state index contributed by atoms with van der Waals surface area (Å²) in [5.74, 6) is 0.818. The monoisotopic (exact) mass is 302 g/mol. The highest BCUT2D eigenvalue weighted by Gasteiger charge is 2.25. The fourth-order valence-corrected chi connectivity index (χ4v) is 1.56. The van der Waals surface area contributed by atoms with Gasteiger partial charge in [-0.1, -0.05) is 15.9 Å². The molecule has 1 aromatic rings. The van der Waals surface area contributed by atoms with Crippen LogP contribution in [-0.4, -0.2) is 35.8 Å². The third kappa shape index (κ3) is 4.16. The van der Waals surface area contributed by atoms with E-state index in [1.54, 1.807) is 6.26 Å². The maximum Gasteiger partial charge on any atom is 0.236 e. The second-order valence-electron chi connectivity index (χ2n) is 4.68. The number of alkyl halides is 1. The van der Waals surface area contributed by atoms with Crippen molar-refractivity contribution in [2.75, 3.05) is 20.6 Å². The molecule has 0 saturated heterocycles. The van der Waals surface area contributed by atoms with Crippen molar-refractivity contribution in [1.82, 2.24) is 10.2 Å². The SMILES string of the molecule is CN(C)C(CNC(=O)C(C)(C)Br)c1ccco1. The topological polar surface area (TPSA) is 45.5 Å². The predicted octanol–water partition coefficient (Wildman–Crippen LogP) is 2.17. The number of nitrogens with zero attached hydrogens (tertiary/aromatic N) is 1. The van der Waals surface area contributed by atoms with E-state index in [1.165, 1.54) is 0 Å². The maximum absolute atomic E-state index is 11.8. The Kier molecular flexibility index (Phi) is 4.77. The van der Waals surface area contributed by atoms with Gasteiger partial charge < -0.3 is 9.73 Å². The average Bonchev–Trinajstić information content (AvgIpc) is 2.69. The number of carbonyl (C=O) groups excluding carboxylic acids is 1. The lowest BCUT2D eigenvalue weighted by Crippen LogP contribution is -2.41. The van der Waals surface area contributed by atoms with E-state index in [2.05, 4.69) is 21.2 Å². The molecular weight excluding hydrogens is 284 g/mol. The lowest BCUT2D eigenvalue weighted by Gasteiger charge is -2.24. The van der Waals surface area contributed by atoms with Crippen molar-refractivity contribution in [3.8, 4) is 0 Å².